The number of Topliss-reactive ketones (excluding diaryl/α,β-unsaturated/α-hetero) is 1. The zero-order valence-electron chi connectivity index (χ0n) is 25.7. The van der Waals surface area contributed by atoms with E-state index in [1.54, 1.807) is 31.0 Å². The van der Waals surface area contributed by atoms with Gasteiger partial charge in [0.25, 0.3) is 0 Å². The van der Waals surface area contributed by atoms with Crippen LogP contribution in [0, 0.1) is 17.6 Å². The fourth-order valence-corrected chi connectivity index (χ4v) is 6.07. The van der Waals surface area contributed by atoms with Gasteiger partial charge in [0.15, 0.2) is 17.7 Å². The number of aromatic nitrogens is 4. The van der Waals surface area contributed by atoms with Gasteiger partial charge < -0.3 is 24.8 Å². The number of hydrogen-bond acceptors (Lipinski definition) is 9. The Balaban J connectivity index is 1.24. The number of rotatable bonds is 11. The predicted octanol–water partition coefficient (Wildman–Crippen LogP) is 5.61. The van der Waals surface area contributed by atoms with E-state index >= 15 is 4.39 Å². The molecular weight excluding hydrogens is 594 g/mol. The lowest BCUT2D eigenvalue weighted by Crippen LogP contribution is -2.28. The summed E-state index contributed by atoms with van der Waals surface area (Å²) in [5, 5.41) is 5.35. The van der Waals surface area contributed by atoms with Crippen molar-refractivity contribution in [2.24, 2.45) is 5.92 Å². The maximum absolute atomic E-state index is 15.6. The summed E-state index contributed by atoms with van der Waals surface area (Å²) < 4.78 is 47.0. The quantitative estimate of drug-likeness (QED) is 0.147. The Morgan fingerprint density at radius 3 is 2.52 bits per heavy atom. The number of ether oxygens (including phenoxy) is 3. The van der Waals surface area contributed by atoms with E-state index in [0.29, 0.717) is 53.4 Å². The van der Waals surface area contributed by atoms with Gasteiger partial charge in [-0.05, 0) is 48.7 Å². The van der Waals surface area contributed by atoms with Gasteiger partial charge in [-0.25, -0.2) is 23.4 Å². The second-order valence-corrected chi connectivity index (χ2v) is 11.2. The molecule has 10 nitrogen and oxygen atoms in total. The maximum Gasteiger partial charge on any atom is 0.169 e. The highest BCUT2D eigenvalue weighted by atomic mass is 19.1. The molecule has 1 fully saturated rings. The van der Waals surface area contributed by atoms with Gasteiger partial charge in [-0.15, -0.1) is 0 Å². The molecule has 0 bridgehead atoms. The fourth-order valence-electron chi connectivity index (χ4n) is 6.07. The lowest BCUT2D eigenvalue weighted by atomic mass is 10.00. The first-order valence-electron chi connectivity index (χ1n) is 14.9. The summed E-state index contributed by atoms with van der Waals surface area (Å²) in [6.07, 6.45) is 2.46. The standard InChI is InChI=1S/C34H34F2N6O4/c1-44-29-13-9-23(35)16-25(29)28(43)12-6-20-4-7-21(8-5-20)31-30-32(37)38-19-39-33(30)42(40-31)24-10-11-27(26(36)17-24)41-15-14-22(18-41)34(45-2)46-3/h4-5,7-11,13,16-17,19,22,34H,6,12,14-15,18H2,1-3H3,(H2,37,38,39)/t22-/m1/s1. The Morgan fingerprint density at radius 2 is 1.80 bits per heavy atom. The molecular formula is C34H34F2N6O4. The van der Waals surface area contributed by atoms with Crippen molar-refractivity contribution in [1.82, 2.24) is 19.7 Å². The van der Waals surface area contributed by atoms with E-state index in [4.69, 9.17) is 25.0 Å². The van der Waals surface area contributed by atoms with Crippen LogP contribution in [0.5, 0.6) is 5.75 Å². The molecule has 1 atom stereocenters. The number of hydrogen-bond donors (Lipinski definition) is 1. The van der Waals surface area contributed by atoms with E-state index in [0.717, 1.165) is 17.5 Å². The number of anilines is 2. The Kier molecular flexibility index (Phi) is 8.91. The van der Waals surface area contributed by atoms with E-state index in [2.05, 4.69) is 9.97 Å². The molecule has 46 heavy (non-hydrogen) atoms. The Morgan fingerprint density at radius 1 is 1.02 bits per heavy atom. The second kappa shape index (κ2) is 13.2. The number of ketones is 1. The van der Waals surface area contributed by atoms with Crippen molar-refractivity contribution < 1.29 is 27.8 Å². The SMILES string of the molecule is COc1ccc(F)cc1C(=O)CCc1ccc(-c2nn(-c3ccc(N4CC[C@@H](C(OC)OC)C4)c(F)c3)c3ncnc(N)c23)cc1. The van der Waals surface area contributed by atoms with Crippen molar-refractivity contribution >= 4 is 28.3 Å². The molecule has 0 spiro atoms. The number of benzene rings is 3. The summed E-state index contributed by atoms with van der Waals surface area (Å²) in [4.78, 5) is 23.4. The highest BCUT2D eigenvalue weighted by molar-refractivity contribution is 5.99. The van der Waals surface area contributed by atoms with Crippen LogP contribution in [0.4, 0.5) is 20.3 Å². The lowest BCUT2D eigenvalue weighted by Gasteiger charge is -2.23. The Bertz CT molecular complexity index is 1880. The molecule has 0 unspecified atom stereocenters. The molecule has 3 heterocycles. The summed E-state index contributed by atoms with van der Waals surface area (Å²) in [5.41, 5.74) is 10.1. The highest BCUT2D eigenvalue weighted by Crippen LogP contribution is 2.34. The third-order valence-corrected chi connectivity index (χ3v) is 8.41. The lowest BCUT2D eigenvalue weighted by molar-refractivity contribution is -0.132. The van der Waals surface area contributed by atoms with Crippen molar-refractivity contribution in [2.75, 3.05) is 45.1 Å². The van der Waals surface area contributed by atoms with Crippen molar-refractivity contribution in [2.45, 2.75) is 25.6 Å². The van der Waals surface area contributed by atoms with Crippen LogP contribution in [-0.2, 0) is 15.9 Å². The number of carbonyl (C=O) groups excluding carboxylic acids is 1. The number of fused-ring (bicyclic) bond motifs is 1. The largest absolute Gasteiger partial charge is 0.496 e. The molecule has 0 radical (unpaired) electrons. The normalized spacial score (nSPS) is 14.8. The van der Waals surface area contributed by atoms with Crippen LogP contribution in [0.3, 0.4) is 0 Å². The number of aryl methyl sites for hydroxylation is 1. The van der Waals surface area contributed by atoms with Gasteiger partial charge in [0.1, 0.15) is 35.2 Å². The van der Waals surface area contributed by atoms with Gasteiger partial charge in [0.2, 0.25) is 0 Å². The maximum atomic E-state index is 15.6. The summed E-state index contributed by atoms with van der Waals surface area (Å²) >= 11 is 0. The van der Waals surface area contributed by atoms with Crippen LogP contribution < -0.4 is 15.4 Å². The molecule has 2 aromatic heterocycles. The number of nitrogens with two attached hydrogens (primary N) is 1. The summed E-state index contributed by atoms with van der Waals surface area (Å²) in [6, 6.07) is 16.4. The zero-order chi connectivity index (χ0) is 32.4. The topological polar surface area (TPSA) is 118 Å². The average Bonchev–Trinajstić information content (AvgIpc) is 3.71. The van der Waals surface area contributed by atoms with Crippen molar-refractivity contribution in [1.29, 1.82) is 0 Å². The molecule has 1 saturated heterocycles. The first kappa shape index (κ1) is 31.1. The molecule has 0 saturated carbocycles. The predicted molar refractivity (Wildman–Crippen MR) is 170 cm³/mol. The molecule has 2 N–H and O–H groups in total. The minimum Gasteiger partial charge on any atom is -0.496 e. The van der Waals surface area contributed by atoms with E-state index in [-0.39, 0.29) is 41.6 Å². The van der Waals surface area contributed by atoms with Crippen LogP contribution in [-0.4, -0.2) is 66.2 Å². The van der Waals surface area contributed by atoms with Crippen LogP contribution in [0.1, 0.15) is 28.8 Å². The molecule has 3 aromatic carbocycles. The van der Waals surface area contributed by atoms with Crippen LogP contribution >= 0.6 is 0 Å². The molecule has 238 valence electrons. The average molecular weight is 629 g/mol. The molecule has 12 heteroatoms. The van der Waals surface area contributed by atoms with Crippen molar-refractivity contribution in [3.8, 4) is 22.7 Å². The number of nitrogen functional groups attached to an aromatic ring is 1. The van der Waals surface area contributed by atoms with Crippen LogP contribution in [0.25, 0.3) is 28.0 Å². The van der Waals surface area contributed by atoms with Crippen molar-refractivity contribution in [3.05, 3.63) is 89.8 Å². The molecule has 6 rings (SSSR count). The minimum absolute atomic E-state index is 0.134. The number of methoxy groups -OCH3 is 3. The van der Waals surface area contributed by atoms with Gasteiger partial charge in [-0.1, -0.05) is 24.3 Å². The van der Waals surface area contributed by atoms with E-state index in [1.165, 1.54) is 37.7 Å². The summed E-state index contributed by atoms with van der Waals surface area (Å²) in [7, 11) is 4.66. The zero-order valence-corrected chi connectivity index (χ0v) is 25.7. The second-order valence-electron chi connectivity index (χ2n) is 11.2. The third-order valence-electron chi connectivity index (χ3n) is 8.41. The summed E-state index contributed by atoms with van der Waals surface area (Å²) in [5.74, 6) is -0.374. The first-order valence-corrected chi connectivity index (χ1v) is 14.9. The minimum atomic E-state index is -0.495. The number of halogens is 2. The van der Waals surface area contributed by atoms with Gasteiger partial charge >= 0.3 is 0 Å². The third kappa shape index (κ3) is 6.01. The first-order chi connectivity index (χ1) is 22.3. The van der Waals surface area contributed by atoms with Gasteiger partial charge in [0, 0.05) is 51.3 Å². The summed E-state index contributed by atoms with van der Waals surface area (Å²) in [6.45, 7) is 1.30. The van der Waals surface area contributed by atoms with E-state index in [9.17, 15) is 9.18 Å². The van der Waals surface area contributed by atoms with Gasteiger partial charge in [-0.3, -0.25) is 4.79 Å². The molecule has 0 amide bonds. The molecule has 0 aliphatic carbocycles. The van der Waals surface area contributed by atoms with E-state index < -0.39 is 5.82 Å². The van der Waals surface area contributed by atoms with Gasteiger partial charge in [0.05, 0.1) is 29.4 Å². The molecule has 5 aromatic rings. The number of carbonyl (C=O) groups is 1. The smallest absolute Gasteiger partial charge is 0.169 e. The Labute approximate surface area is 264 Å². The van der Waals surface area contributed by atoms with Crippen molar-refractivity contribution in [3.63, 3.8) is 0 Å². The highest BCUT2D eigenvalue weighted by Gasteiger charge is 2.31. The van der Waals surface area contributed by atoms with Gasteiger partial charge in [-0.2, -0.15) is 5.10 Å². The van der Waals surface area contributed by atoms with Crippen LogP contribution in [0.2, 0.25) is 0 Å². The number of nitrogens with zero attached hydrogens (tertiary/aromatic N) is 5. The molecule has 1 aliphatic heterocycles. The monoisotopic (exact) mass is 628 g/mol. The molecule has 1 aliphatic rings. The van der Waals surface area contributed by atoms with E-state index in [1.807, 2.05) is 29.2 Å². The van der Waals surface area contributed by atoms with Crippen LogP contribution in [0.15, 0.2) is 67.0 Å². The fraction of sp³-hybridized carbons (Fsp3) is 0.294. The Hall–Kier alpha value is -4.94.